The van der Waals surface area contributed by atoms with Gasteiger partial charge in [-0.2, -0.15) is 5.10 Å². The van der Waals surface area contributed by atoms with E-state index in [1.54, 1.807) is 5.01 Å². The second kappa shape index (κ2) is 9.33. The lowest BCUT2D eigenvalue weighted by molar-refractivity contribution is 0.295. The average Bonchev–Trinajstić information content (AvgIpc) is 3.31. The van der Waals surface area contributed by atoms with E-state index in [-0.39, 0.29) is 1.43 Å². The lowest BCUT2D eigenvalue weighted by Crippen LogP contribution is -2.31. The molecule has 1 aromatic heterocycles. The SMILES string of the molecule is C=NN(c1cccc(NC2CCC(C(=C)N3CCCC3)CC2)n1)c1ccccc1C.[HH]. The lowest BCUT2D eigenvalue weighted by Gasteiger charge is -2.34. The summed E-state index contributed by atoms with van der Waals surface area (Å²) in [6, 6.07) is 14.7. The largest absolute Gasteiger partial charge is 0.375 e. The van der Waals surface area contributed by atoms with Crippen LogP contribution >= 0.6 is 0 Å². The molecule has 1 aromatic carbocycles. The van der Waals surface area contributed by atoms with E-state index in [0.29, 0.717) is 12.0 Å². The van der Waals surface area contributed by atoms with Gasteiger partial charge in [0.1, 0.15) is 5.82 Å². The highest BCUT2D eigenvalue weighted by Crippen LogP contribution is 2.34. The Labute approximate surface area is 182 Å². The van der Waals surface area contributed by atoms with Gasteiger partial charge in [0.05, 0.1) is 5.69 Å². The first-order chi connectivity index (χ1) is 14.7. The number of likely N-dealkylation sites (tertiary alicyclic amines) is 1. The van der Waals surface area contributed by atoms with Crippen molar-refractivity contribution in [2.24, 2.45) is 11.0 Å². The Bertz CT molecular complexity index is 885. The number of pyridine rings is 1. The highest BCUT2D eigenvalue weighted by molar-refractivity contribution is 5.65. The molecule has 1 N–H and O–H groups in total. The van der Waals surface area contributed by atoms with Gasteiger partial charge in [0.25, 0.3) is 0 Å². The number of allylic oxidation sites excluding steroid dienone is 1. The number of para-hydroxylation sites is 1. The minimum Gasteiger partial charge on any atom is -0.375 e. The van der Waals surface area contributed by atoms with Crippen molar-refractivity contribution in [2.75, 3.05) is 23.4 Å². The Hall–Kier alpha value is -2.82. The van der Waals surface area contributed by atoms with E-state index in [9.17, 15) is 0 Å². The Morgan fingerprint density at radius 2 is 1.83 bits per heavy atom. The van der Waals surface area contributed by atoms with Crippen LogP contribution in [0, 0.1) is 12.8 Å². The van der Waals surface area contributed by atoms with Crippen LogP contribution in [0.1, 0.15) is 45.5 Å². The van der Waals surface area contributed by atoms with Crippen LogP contribution in [0.25, 0.3) is 0 Å². The van der Waals surface area contributed by atoms with Crippen molar-refractivity contribution in [3.63, 3.8) is 0 Å². The van der Waals surface area contributed by atoms with Gasteiger partial charge in [0, 0.05) is 33.0 Å². The monoisotopic (exact) mass is 405 g/mol. The van der Waals surface area contributed by atoms with Crippen LogP contribution in [-0.2, 0) is 0 Å². The van der Waals surface area contributed by atoms with Crippen molar-refractivity contribution in [1.29, 1.82) is 0 Å². The van der Waals surface area contributed by atoms with Crippen LogP contribution in [0.4, 0.5) is 17.3 Å². The van der Waals surface area contributed by atoms with Crippen molar-refractivity contribution in [3.05, 3.63) is 60.3 Å². The van der Waals surface area contributed by atoms with E-state index in [1.165, 1.54) is 44.5 Å². The number of nitrogens with zero attached hydrogens (tertiary/aromatic N) is 4. The van der Waals surface area contributed by atoms with E-state index < -0.39 is 0 Å². The van der Waals surface area contributed by atoms with E-state index in [1.807, 2.05) is 36.4 Å². The van der Waals surface area contributed by atoms with Gasteiger partial charge in [0.15, 0.2) is 5.82 Å². The second-order valence-corrected chi connectivity index (χ2v) is 8.50. The highest BCUT2D eigenvalue weighted by atomic mass is 15.5. The molecule has 5 nitrogen and oxygen atoms in total. The third kappa shape index (κ3) is 4.50. The zero-order valence-electron chi connectivity index (χ0n) is 18.1. The number of anilines is 3. The van der Waals surface area contributed by atoms with Crippen LogP contribution in [0.3, 0.4) is 0 Å². The summed E-state index contributed by atoms with van der Waals surface area (Å²) in [4.78, 5) is 7.33. The average molecular weight is 406 g/mol. The molecule has 0 radical (unpaired) electrons. The van der Waals surface area contributed by atoms with E-state index in [2.05, 4.69) is 41.6 Å². The summed E-state index contributed by atoms with van der Waals surface area (Å²) in [6.45, 7) is 12.6. The maximum atomic E-state index is 4.83. The van der Waals surface area contributed by atoms with Gasteiger partial charge < -0.3 is 10.2 Å². The van der Waals surface area contributed by atoms with Gasteiger partial charge in [0.2, 0.25) is 0 Å². The Morgan fingerprint density at radius 3 is 2.53 bits per heavy atom. The van der Waals surface area contributed by atoms with Crippen molar-refractivity contribution in [1.82, 2.24) is 9.88 Å². The summed E-state index contributed by atoms with van der Waals surface area (Å²) < 4.78 is 0. The molecule has 0 unspecified atom stereocenters. The summed E-state index contributed by atoms with van der Waals surface area (Å²) >= 11 is 0. The van der Waals surface area contributed by atoms with Gasteiger partial charge in [-0.3, -0.25) is 0 Å². The second-order valence-electron chi connectivity index (χ2n) is 8.50. The van der Waals surface area contributed by atoms with Crippen molar-refractivity contribution in [3.8, 4) is 0 Å². The standard InChI is InChI=1S/C25H33N5.H2/c1-19-9-4-5-10-23(19)30(26-3)25-12-8-11-24(28-25)27-22-15-13-21(14-16-22)20(2)29-17-6-7-18-29;/h4-5,8-12,21-22H,2-3,6-7,13-18H2,1H3,(H,27,28);1H. The Morgan fingerprint density at radius 1 is 1.10 bits per heavy atom. The molecule has 0 atom stereocenters. The van der Waals surface area contributed by atoms with Crippen LogP contribution in [0.15, 0.2) is 59.8 Å². The predicted molar refractivity (Wildman–Crippen MR) is 129 cm³/mol. The van der Waals surface area contributed by atoms with Crippen molar-refractivity contribution in [2.45, 2.75) is 51.5 Å². The molecule has 4 rings (SSSR count). The van der Waals surface area contributed by atoms with Crippen LogP contribution in [0.2, 0.25) is 0 Å². The maximum absolute atomic E-state index is 4.83. The molecule has 1 aliphatic carbocycles. The van der Waals surface area contributed by atoms with Crippen LogP contribution in [0.5, 0.6) is 0 Å². The fourth-order valence-electron chi connectivity index (χ4n) is 4.74. The molecule has 2 aromatic rings. The number of hydrogen-bond acceptors (Lipinski definition) is 5. The summed E-state index contributed by atoms with van der Waals surface area (Å²) in [6.07, 6.45) is 7.36. The number of hydrogen-bond donors (Lipinski definition) is 1. The first-order valence-electron chi connectivity index (χ1n) is 11.2. The third-order valence-corrected chi connectivity index (χ3v) is 6.50. The van der Waals surface area contributed by atoms with E-state index >= 15 is 0 Å². The fraction of sp³-hybridized carbons (Fsp3) is 0.440. The van der Waals surface area contributed by atoms with Crippen molar-refractivity contribution < 1.29 is 1.43 Å². The van der Waals surface area contributed by atoms with Crippen LogP contribution < -0.4 is 10.3 Å². The molecule has 0 bridgehead atoms. The lowest BCUT2D eigenvalue weighted by atomic mass is 9.84. The summed E-state index contributed by atoms with van der Waals surface area (Å²) in [5, 5.41) is 9.68. The maximum Gasteiger partial charge on any atom is 0.156 e. The molecule has 1 aliphatic heterocycles. The number of hydrazone groups is 1. The van der Waals surface area contributed by atoms with E-state index in [0.717, 1.165) is 35.7 Å². The quantitative estimate of drug-likeness (QED) is 0.455. The predicted octanol–water partition coefficient (Wildman–Crippen LogP) is 5.97. The van der Waals surface area contributed by atoms with Crippen molar-refractivity contribution >= 4 is 24.0 Å². The molecule has 1 saturated heterocycles. The zero-order chi connectivity index (χ0) is 20.9. The van der Waals surface area contributed by atoms with Gasteiger partial charge in [-0.05, 0) is 75.1 Å². The molecule has 0 amide bonds. The number of aromatic nitrogens is 1. The molecule has 0 spiro atoms. The fourth-order valence-corrected chi connectivity index (χ4v) is 4.74. The first kappa shape index (κ1) is 20.5. The topological polar surface area (TPSA) is 43.8 Å². The number of nitrogens with one attached hydrogen (secondary N) is 1. The molecule has 2 aliphatic rings. The van der Waals surface area contributed by atoms with Gasteiger partial charge in [-0.15, -0.1) is 0 Å². The van der Waals surface area contributed by atoms with Crippen LogP contribution in [-0.4, -0.2) is 35.7 Å². The zero-order valence-corrected chi connectivity index (χ0v) is 18.1. The number of rotatable bonds is 7. The summed E-state index contributed by atoms with van der Waals surface area (Å²) in [5.41, 5.74) is 3.51. The molecular weight excluding hydrogens is 370 g/mol. The minimum absolute atomic E-state index is 0. The number of aryl methyl sites for hydroxylation is 1. The normalized spacial score (nSPS) is 21.3. The summed E-state index contributed by atoms with van der Waals surface area (Å²) in [7, 11) is 0. The number of benzene rings is 1. The molecule has 2 fully saturated rings. The molecule has 30 heavy (non-hydrogen) atoms. The Balaban J connectivity index is 0.00000272. The summed E-state index contributed by atoms with van der Waals surface area (Å²) in [5.74, 6) is 2.32. The molecular formula is C25H35N5. The third-order valence-electron chi connectivity index (χ3n) is 6.50. The molecule has 2 heterocycles. The molecule has 160 valence electrons. The van der Waals surface area contributed by atoms with Gasteiger partial charge >= 0.3 is 0 Å². The molecule has 5 heteroatoms. The van der Waals surface area contributed by atoms with E-state index in [4.69, 9.17) is 4.98 Å². The minimum atomic E-state index is 0. The Kier molecular flexibility index (Phi) is 6.36. The molecule has 1 saturated carbocycles. The first-order valence-corrected chi connectivity index (χ1v) is 11.2. The highest BCUT2D eigenvalue weighted by Gasteiger charge is 2.27. The smallest absolute Gasteiger partial charge is 0.156 e. The van der Waals surface area contributed by atoms with Gasteiger partial charge in [-0.25, -0.2) is 9.99 Å². The van der Waals surface area contributed by atoms with Gasteiger partial charge in [-0.1, -0.05) is 30.8 Å².